The van der Waals surface area contributed by atoms with Crippen molar-refractivity contribution in [2.75, 3.05) is 20.3 Å². The summed E-state index contributed by atoms with van der Waals surface area (Å²) >= 11 is 5.70. The summed E-state index contributed by atoms with van der Waals surface area (Å²) < 4.78 is 23.7. The van der Waals surface area contributed by atoms with Crippen LogP contribution in [0.3, 0.4) is 0 Å². The lowest BCUT2D eigenvalue weighted by molar-refractivity contribution is 0.183. The second-order valence-corrected chi connectivity index (χ2v) is 3.68. The monoisotopic (exact) mass is 246 g/mol. The molecule has 0 saturated heterocycles. The number of methoxy groups -OCH3 is 1. The maximum absolute atomic E-state index is 13.4. The molecule has 90 valence electrons. The molecule has 0 unspecified atom stereocenters. The molecule has 0 radical (unpaired) electrons. The van der Waals surface area contributed by atoms with Crippen LogP contribution in [-0.2, 0) is 10.6 Å². The van der Waals surface area contributed by atoms with E-state index in [1.165, 1.54) is 6.07 Å². The summed E-state index contributed by atoms with van der Waals surface area (Å²) in [6.45, 7) is 1.18. The third-order valence-corrected chi connectivity index (χ3v) is 2.47. The van der Waals surface area contributed by atoms with Crippen molar-refractivity contribution in [3.05, 3.63) is 29.6 Å². The van der Waals surface area contributed by atoms with Gasteiger partial charge in [0, 0.05) is 19.3 Å². The minimum atomic E-state index is -0.357. The highest BCUT2D eigenvalue weighted by molar-refractivity contribution is 6.17. The predicted octanol–water partition coefficient (Wildman–Crippen LogP) is 3.37. The Morgan fingerprint density at radius 3 is 2.69 bits per heavy atom. The van der Waals surface area contributed by atoms with Gasteiger partial charge in [0.05, 0.1) is 12.5 Å². The summed E-state index contributed by atoms with van der Waals surface area (Å²) in [5.74, 6) is 0.172. The molecule has 0 aliphatic carbocycles. The van der Waals surface area contributed by atoms with Gasteiger partial charge in [-0.3, -0.25) is 0 Å². The Morgan fingerprint density at radius 1 is 1.25 bits per heavy atom. The molecule has 0 aromatic heterocycles. The average Bonchev–Trinajstić information content (AvgIpc) is 2.30. The number of rotatable bonds is 7. The van der Waals surface area contributed by atoms with Gasteiger partial charge in [0.2, 0.25) is 0 Å². The minimum Gasteiger partial charge on any atom is -0.490 e. The summed E-state index contributed by atoms with van der Waals surface area (Å²) in [6, 6.07) is 4.77. The fourth-order valence-electron chi connectivity index (χ4n) is 1.34. The zero-order valence-corrected chi connectivity index (χ0v) is 10.1. The Bertz CT molecular complexity index is 318. The first-order valence-electron chi connectivity index (χ1n) is 5.24. The van der Waals surface area contributed by atoms with Gasteiger partial charge in [-0.25, -0.2) is 4.39 Å². The van der Waals surface area contributed by atoms with Crippen LogP contribution in [0.25, 0.3) is 0 Å². The molecule has 4 heteroatoms. The van der Waals surface area contributed by atoms with Crippen molar-refractivity contribution in [1.29, 1.82) is 0 Å². The molecule has 1 aromatic carbocycles. The van der Waals surface area contributed by atoms with Gasteiger partial charge in [-0.15, -0.1) is 11.6 Å². The minimum absolute atomic E-state index is 0.255. The Kier molecular flexibility index (Phi) is 6.19. The molecular weight excluding hydrogens is 231 g/mol. The maximum atomic E-state index is 13.4. The Balaban J connectivity index is 2.46. The first kappa shape index (κ1) is 13.3. The second-order valence-electron chi connectivity index (χ2n) is 3.41. The van der Waals surface area contributed by atoms with E-state index in [0.29, 0.717) is 18.8 Å². The van der Waals surface area contributed by atoms with Crippen LogP contribution in [-0.4, -0.2) is 20.3 Å². The van der Waals surface area contributed by atoms with E-state index in [-0.39, 0.29) is 17.4 Å². The Hall–Kier alpha value is -0.800. The normalized spacial score (nSPS) is 10.4. The zero-order valence-electron chi connectivity index (χ0n) is 9.34. The maximum Gasteiger partial charge on any atom is 0.165 e. The summed E-state index contributed by atoms with van der Waals surface area (Å²) in [5.41, 5.74) is 0.688. The molecule has 1 rings (SSSR count). The fraction of sp³-hybridized carbons (Fsp3) is 0.500. The molecule has 0 aliphatic heterocycles. The summed E-state index contributed by atoms with van der Waals surface area (Å²) in [5, 5.41) is 0. The molecule has 1 aromatic rings. The highest BCUT2D eigenvalue weighted by atomic mass is 35.5. The highest BCUT2D eigenvalue weighted by Crippen LogP contribution is 2.24. The van der Waals surface area contributed by atoms with Gasteiger partial charge in [0.15, 0.2) is 11.6 Å². The van der Waals surface area contributed by atoms with E-state index in [4.69, 9.17) is 21.1 Å². The number of unbranched alkanes of at least 4 members (excludes halogenated alkanes) is 1. The third kappa shape index (κ3) is 3.99. The lowest BCUT2D eigenvalue weighted by atomic mass is 10.2. The van der Waals surface area contributed by atoms with Crippen LogP contribution in [0.15, 0.2) is 18.2 Å². The number of hydrogen-bond donors (Lipinski definition) is 0. The SMILES string of the molecule is COCCCCOc1c(F)cccc1CCl. The van der Waals surface area contributed by atoms with Gasteiger partial charge in [0.1, 0.15) is 0 Å². The van der Waals surface area contributed by atoms with Crippen molar-refractivity contribution >= 4 is 11.6 Å². The van der Waals surface area contributed by atoms with Crippen LogP contribution in [0.5, 0.6) is 5.75 Å². The van der Waals surface area contributed by atoms with Gasteiger partial charge in [-0.2, -0.15) is 0 Å². The van der Waals surface area contributed by atoms with Crippen molar-refractivity contribution in [3.63, 3.8) is 0 Å². The van der Waals surface area contributed by atoms with Crippen LogP contribution in [0.1, 0.15) is 18.4 Å². The molecule has 16 heavy (non-hydrogen) atoms. The molecular formula is C12H16ClFO2. The van der Waals surface area contributed by atoms with Crippen LogP contribution in [0.4, 0.5) is 4.39 Å². The molecule has 0 N–H and O–H groups in total. The van der Waals surface area contributed by atoms with E-state index >= 15 is 0 Å². The van der Waals surface area contributed by atoms with Crippen LogP contribution in [0, 0.1) is 5.82 Å². The van der Waals surface area contributed by atoms with E-state index in [0.717, 1.165) is 12.8 Å². The van der Waals surface area contributed by atoms with E-state index in [2.05, 4.69) is 0 Å². The largest absolute Gasteiger partial charge is 0.490 e. The van der Waals surface area contributed by atoms with Crippen molar-refractivity contribution in [3.8, 4) is 5.75 Å². The van der Waals surface area contributed by atoms with Gasteiger partial charge in [0.25, 0.3) is 0 Å². The number of halogens is 2. The lowest BCUT2D eigenvalue weighted by Crippen LogP contribution is -2.03. The van der Waals surface area contributed by atoms with E-state index in [1.807, 2.05) is 0 Å². The topological polar surface area (TPSA) is 18.5 Å². The van der Waals surface area contributed by atoms with Gasteiger partial charge >= 0.3 is 0 Å². The number of ether oxygens (including phenoxy) is 2. The van der Waals surface area contributed by atoms with Gasteiger partial charge < -0.3 is 9.47 Å². The van der Waals surface area contributed by atoms with Crippen molar-refractivity contribution in [2.45, 2.75) is 18.7 Å². The van der Waals surface area contributed by atoms with E-state index in [1.54, 1.807) is 19.2 Å². The van der Waals surface area contributed by atoms with Crippen LogP contribution >= 0.6 is 11.6 Å². The molecule has 2 nitrogen and oxygen atoms in total. The fourth-order valence-corrected chi connectivity index (χ4v) is 1.55. The van der Waals surface area contributed by atoms with Crippen LogP contribution < -0.4 is 4.74 Å². The smallest absolute Gasteiger partial charge is 0.165 e. The molecule has 0 spiro atoms. The first-order chi connectivity index (χ1) is 7.79. The number of alkyl halides is 1. The quantitative estimate of drug-likeness (QED) is 0.543. The molecule has 0 fully saturated rings. The molecule has 0 saturated carbocycles. The standard InChI is InChI=1S/C12H16ClFO2/c1-15-7-2-3-8-16-12-10(9-13)5-4-6-11(12)14/h4-6H,2-3,7-9H2,1H3. The average molecular weight is 247 g/mol. The van der Waals surface area contributed by atoms with Crippen molar-refractivity contribution in [1.82, 2.24) is 0 Å². The van der Waals surface area contributed by atoms with Gasteiger partial charge in [-0.1, -0.05) is 12.1 Å². The molecule has 0 atom stereocenters. The number of benzene rings is 1. The summed E-state index contributed by atoms with van der Waals surface area (Å²) in [4.78, 5) is 0. The molecule has 0 bridgehead atoms. The Morgan fingerprint density at radius 2 is 2.00 bits per heavy atom. The first-order valence-corrected chi connectivity index (χ1v) is 5.78. The molecule has 0 amide bonds. The predicted molar refractivity (Wildman–Crippen MR) is 62.6 cm³/mol. The van der Waals surface area contributed by atoms with Crippen molar-refractivity contribution in [2.24, 2.45) is 0 Å². The third-order valence-electron chi connectivity index (χ3n) is 2.18. The molecule has 0 heterocycles. The summed E-state index contributed by atoms with van der Waals surface area (Å²) in [7, 11) is 1.66. The summed E-state index contributed by atoms with van der Waals surface area (Å²) in [6.07, 6.45) is 1.74. The van der Waals surface area contributed by atoms with E-state index < -0.39 is 0 Å². The van der Waals surface area contributed by atoms with E-state index in [9.17, 15) is 4.39 Å². The second kappa shape index (κ2) is 7.47. The van der Waals surface area contributed by atoms with Gasteiger partial charge in [-0.05, 0) is 18.9 Å². The van der Waals surface area contributed by atoms with Crippen LogP contribution in [0.2, 0.25) is 0 Å². The zero-order chi connectivity index (χ0) is 11.8. The number of hydrogen-bond acceptors (Lipinski definition) is 2. The number of para-hydroxylation sites is 1. The highest BCUT2D eigenvalue weighted by Gasteiger charge is 2.08. The molecule has 0 aliphatic rings. The Labute approximate surface area is 100 Å². The lowest BCUT2D eigenvalue weighted by Gasteiger charge is -2.10. The van der Waals surface area contributed by atoms with Crippen molar-refractivity contribution < 1.29 is 13.9 Å².